The minimum absolute atomic E-state index is 0.0894. The molecule has 0 unspecified atom stereocenters. The SMILES string of the molecule is CNC(=O)CSc1nnc(-c2ccncc2)n1N. The summed E-state index contributed by atoms with van der Waals surface area (Å²) in [4.78, 5) is 15.1. The van der Waals surface area contributed by atoms with Crippen LogP contribution in [-0.4, -0.2) is 38.6 Å². The van der Waals surface area contributed by atoms with Gasteiger partial charge in [0.25, 0.3) is 0 Å². The fourth-order valence-electron chi connectivity index (χ4n) is 1.28. The number of nitrogens with one attached hydrogen (secondary N) is 1. The van der Waals surface area contributed by atoms with Gasteiger partial charge in [-0.05, 0) is 12.1 Å². The third-order valence-corrected chi connectivity index (χ3v) is 3.16. The number of rotatable bonds is 4. The molecule has 1 amide bonds. The van der Waals surface area contributed by atoms with E-state index in [1.165, 1.54) is 16.4 Å². The van der Waals surface area contributed by atoms with E-state index in [4.69, 9.17) is 5.84 Å². The number of aromatic nitrogens is 4. The van der Waals surface area contributed by atoms with Gasteiger partial charge in [0.2, 0.25) is 11.1 Å². The Morgan fingerprint density at radius 2 is 2.17 bits per heavy atom. The molecule has 2 aromatic rings. The summed E-state index contributed by atoms with van der Waals surface area (Å²) < 4.78 is 1.36. The Kier molecular flexibility index (Phi) is 3.78. The minimum atomic E-state index is -0.0894. The average molecular weight is 264 g/mol. The van der Waals surface area contributed by atoms with Crippen molar-refractivity contribution in [3.8, 4) is 11.4 Å². The monoisotopic (exact) mass is 264 g/mol. The summed E-state index contributed by atoms with van der Waals surface area (Å²) >= 11 is 1.23. The average Bonchev–Trinajstić information content (AvgIpc) is 2.78. The lowest BCUT2D eigenvalue weighted by Crippen LogP contribution is -2.20. The third kappa shape index (κ3) is 2.59. The lowest BCUT2D eigenvalue weighted by molar-refractivity contribution is -0.118. The number of carbonyl (C=O) groups is 1. The molecule has 0 aliphatic carbocycles. The smallest absolute Gasteiger partial charge is 0.230 e. The van der Waals surface area contributed by atoms with Gasteiger partial charge in [0.1, 0.15) is 0 Å². The molecule has 0 aromatic carbocycles. The van der Waals surface area contributed by atoms with E-state index in [0.29, 0.717) is 11.0 Å². The van der Waals surface area contributed by atoms with Crippen LogP contribution in [0.4, 0.5) is 0 Å². The van der Waals surface area contributed by atoms with Gasteiger partial charge in [-0.1, -0.05) is 11.8 Å². The number of hydrogen-bond donors (Lipinski definition) is 2. The van der Waals surface area contributed by atoms with Gasteiger partial charge in [-0.3, -0.25) is 9.78 Å². The molecular formula is C10H12N6OS. The van der Waals surface area contributed by atoms with E-state index >= 15 is 0 Å². The van der Waals surface area contributed by atoms with Gasteiger partial charge in [0, 0.05) is 25.0 Å². The molecule has 2 rings (SSSR count). The Morgan fingerprint density at radius 3 is 2.83 bits per heavy atom. The zero-order valence-corrected chi connectivity index (χ0v) is 10.5. The molecule has 0 fully saturated rings. The molecule has 94 valence electrons. The molecule has 3 N–H and O–H groups in total. The summed E-state index contributed by atoms with van der Waals surface area (Å²) in [6.45, 7) is 0. The highest BCUT2D eigenvalue weighted by Crippen LogP contribution is 2.20. The molecular weight excluding hydrogens is 252 g/mol. The molecule has 0 aliphatic rings. The van der Waals surface area contributed by atoms with Gasteiger partial charge in [0.15, 0.2) is 5.82 Å². The number of nitrogens with two attached hydrogens (primary N) is 1. The largest absolute Gasteiger partial charge is 0.358 e. The Morgan fingerprint density at radius 1 is 1.44 bits per heavy atom. The summed E-state index contributed by atoms with van der Waals surface area (Å²) in [6.07, 6.45) is 3.31. The quantitative estimate of drug-likeness (QED) is 0.590. The Bertz CT molecular complexity index is 541. The van der Waals surface area contributed by atoms with E-state index in [9.17, 15) is 4.79 Å². The van der Waals surface area contributed by atoms with E-state index in [1.807, 2.05) is 0 Å². The van der Waals surface area contributed by atoms with Crippen LogP contribution in [0, 0.1) is 0 Å². The topological polar surface area (TPSA) is 98.7 Å². The molecule has 8 heteroatoms. The van der Waals surface area contributed by atoms with E-state index in [0.717, 1.165) is 5.56 Å². The molecule has 0 spiro atoms. The Hall–Kier alpha value is -2.09. The van der Waals surface area contributed by atoms with E-state index in [-0.39, 0.29) is 11.7 Å². The number of nitrogen functional groups attached to an aromatic ring is 1. The van der Waals surface area contributed by atoms with Crippen molar-refractivity contribution < 1.29 is 4.79 Å². The van der Waals surface area contributed by atoms with Crippen LogP contribution < -0.4 is 11.2 Å². The number of nitrogens with zero attached hydrogens (tertiary/aromatic N) is 4. The van der Waals surface area contributed by atoms with Crippen LogP contribution in [0.1, 0.15) is 0 Å². The maximum absolute atomic E-state index is 11.1. The fourth-order valence-corrected chi connectivity index (χ4v) is 2.00. The number of carbonyl (C=O) groups excluding carboxylic acids is 1. The maximum atomic E-state index is 11.1. The molecule has 0 radical (unpaired) electrons. The highest BCUT2D eigenvalue weighted by Gasteiger charge is 2.12. The first kappa shape index (κ1) is 12.4. The second-order valence-corrected chi connectivity index (χ2v) is 4.32. The highest BCUT2D eigenvalue weighted by atomic mass is 32.2. The summed E-state index contributed by atoms with van der Waals surface area (Å²) in [5.74, 6) is 6.58. The van der Waals surface area contributed by atoms with Crippen LogP contribution in [-0.2, 0) is 4.79 Å². The predicted molar refractivity (Wildman–Crippen MR) is 68.2 cm³/mol. The fraction of sp³-hybridized carbons (Fsp3) is 0.200. The first-order chi connectivity index (χ1) is 8.72. The van der Waals surface area contributed by atoms with Crippen molar-refractivity contribution in [1.82, 2.24) is 25.2 Å². The van der Waals surface area contributed by atoms with Crippen molar-refractivity contribution in [1.29, 1.82) is 0 Å². The second kappa shape index (κ2) is 5.50. The normalized spacial score (nSPS) is 10.3. The van der Waals surface area contributed by atoms with Gasteiger partial charge in [0.05, 0.1) is 5.75 Å². The molecule has 0 atom stereocenters. The molecule has 0 saturated carbocycles. The van der Waals surface area contributed by atoms with Crippen molar-refractivity contribution in [2.45, 2.75) is 5.16 Å². The summed E-state index contributed by atoms with van der Waals surface area (Å²) in [7, 11) is 1.58. The van der Waals surface area contributed by atoms with Gasteiger partial charge >= 0.3 is 0 Å². The molecule has 2 heterocycles. The molecule has 7 nitrogen and oxygen atoms in total. The van der Waals surface area contributed by atoms with Gasteiger partial charge in [-0.2, -0.15) is 0 Å². The standard InChI is InChI=1S/C10H12N6OS/c1-12-8(17)6-18-10-15-14-9(16(10)11)7-2-4-13-5-3-7/h2-5H,6,11H2,1H3,(H,12,17). The summed E-state index contributed by atoms with van der Waals surface area (Å²) in [5.41, 5.74) is 0.826. The van der Waals surface area contributed by atoms with Crippen LogP contribution in [0.5, 0.6) is 0 Å². The lowest BCUT2D eigenvalue weighted by atomic mass is 10.2. The maximum Gasteiger partial charge on any atom is 0.230 e. The van der Waals surface area contributed by atoms with Crippen LogP contribution in [0.15, 0.2) is 29.7 Å². The van der Waals surface area contributed by atoms with E-state index in [1.54, 1.807) is 31.6 Å². The first-order valence-electron chi connectivity index (χ1n) is 5.16. The zero-order valence-electron chi connectivity index (χ0n) is 9.70. The Labute approximate surface area is 108 Å². The van der Waals surface area contributed by atoms with Crippen molar-refractivity contribution in [3.63, 3.8) is 0 Å². The van der Waals surface area contributed by atoms with E-state index < -0.39 is 0 Å². The van der Waals surface area contributed by atoms with Gasteiger partial charge in [-0.25, -0.2) is 4.68 Å². The molecule has 0 bridgehead atoms. The zero-order chi connectivity index (χ0) is 13.0. The molecule has 18 heavy (non-hydrogen) atoms. The summed E-state index contributed by atoms with van der Waals surface area (Å²) in [5, 5.41) is 11.0. The van der Waals surface area contributed by atoms with Gasteiger partial charge < -0.3 is 11.2 Å². The van der Waals surface area contributed by atoms with Crippen molar-refractivity contribution >= 4 is 17.7 Å². The molecule has 0 saturated heterocycles. The number of amides is 1. The second-order valence-electron chi connectivity index (χ2n) is 3.37. The van der Waals surface area contributed by atoms with Crippen molar-refractivity contribution in [2.24, 2.45) is 0 Å². The predicted octanol–water partition coefficient (Wildman–Crippen LogP) is -0.108. The summed E-state index contributed by atoms with van der Waals surface area (Å²) in [6, 6.07) is 3.58. The molecule has 0 aliphatic heterocycles. The van der Waals surface area contributed by atoms with Crippen LogP contribution in [0.25, 0.3) is 11.4 Å². The minimum Gasteiger partial charge on any atom is -0.358 e. The molecule has 2 aromatic heterocycles. The van der Waals surface area contributed by atoms with Crippen molar-refractivity contribution in [2.75, 3.05) is 18.6 Å². The van der Waals surface area contributed by atoms with Crippen LogP contribution >= 0.6 is 11.8 Å². The number of thioether (sulfide) groups is 1. The van der Waals surface area contributed by atoms with Crippen molar-refractivity contribution in [3.05, 3.63) is 24.5 Å². The number of hydrogen-bond acceptors (Lipinski definition) is 6. The van der Waals surface area contributed by atoms with Crippen LogP contribution in [0.3, 0.4) is 0 Å². The van der Waals surface area contributed by atoms with E-state index in [2.05, 4.69) is 20.5 Å². The van der Waals surface area contributed by atoms with Crippen LogP contribution in [0.2, 0.25) is 0 Å². The lowest BCUT2D eigenvalue weighted by Gasteiger charge is -2.02. The highest BCUT2D eigenvalue weighted by molar-refractivity contribution is 7.99. The first-order valence-corrected chi connectivity index (χ1v) is 6.15. The third-order valence-electron chi connectivity index (χ3n) is 2.21. The number of pyridine rings is 1. The Balaban J connectivity index is 2.17. The van der Waals surface area contributed by atoms with Gasteiger partial charge in [-0.15, -0.1) is 10.2 Å².